The fourth-order valence-electron chi connectivity index (χ4n) is 3.62. The second-order valence-corrected chi connectivity index (χ2v) is 7.42. The van der Waals surface area contributed by atoms with Crippen LogP contribution in [-0.2, 0) is 4.79 Å². The van der Waals surface area contributed by atoms with Gasteiger partial charge < -0.3 is 10.1 Å². The van der Waals surface area contributed by atoms with Gasteiger partial charge in [0.05, 0.1) is 16.8 Å². The zero-order valence-electron chi connectivity index (χ0n) is 17.3. The Hall–Kier alpha value is -4.72. The largest absolute Gasteiger partial charge is 0.484 e. The summed E-state index contributed by atoms with van der Waals surface area (Å²) in [5, 5.41) is 15.9. The van der Waals surface area contributed by atoms with E-state index >= 15 is 0 Å². The maximum absolute atomic E-state index is 12.4. The molecule has 0 spiro atoms. The Bertz CT molecular complexity index is 1490. The zero-order chi connectivity index (χ0) is 22.8. The average molecular weight is 438 g/mol. The smallest absolute Gasteiger partial charge is 0.286 e. The molecule has 33 heavy (non-hydrogen) atoms. The lowest BCUT2D eigenvalue weighted by Crippen LogP contribution is -2.20. The molecule has 1 N–H and O–H groups in total. The highest BCUT2D eigenvalue weighted by Gasteiger charge is 2.11. The lowest BCUT2D eigenvalue weighted by atomic mass is 10.1. The molecule has 2 heterocycles. The second-order valence-electron chi connectivity index (χ2n) is 7.42. The number of imidazole rings is 1. The Morgan fingerprint density at radius 3 is 2.58 bits per heavy atom. The first-order valence-corrected chi connectivity index (χ1v) is 10.2. The van der Waals surface area contributed by atoms with E-state index in [0.29, 0.717) is 17.1 Å². The number of ether oxygens (including phenoxy) is 1. The second kappa shape index (κ2) is 8.43. The zero-order valence-corrected chi connectivity index (χ0v) is 17.3. The van der Waals surface area contributed by atoms with Gasteiger partial charge in [-0.2, -0.15) is 0 Å². The minimum absolute atomic E-state index is 0.00280. The van der Waals surface area contributed by atoms with E-state index in [1.807, 2.05) is 54.6 Å². The first-order valence-electron chi connectivity index (χ1n) is 10.2. The molecule has 8 heteroatoms. The first-order chi connectivity index (χ1) is 16.1. The maximum atomic E-state index is 12.4. The molecular weight excluding hydrogens is 420 g/mol. The van der Waals surface area contributed by atoms with Gasteiger partial charge in [-0.3, -0.25) is 19.3 Å². The molecular formula is C25H18N4O4. The van der Waals surface area contributed by atoms with Crippen molar-refractivity contribution in [3.05, 3.63) is 101 Å². The van der Waals surface area contributed by atoms with Gasteiger partial charge in [0.2, 0.25) is 0 Å². The van der Waals surface area contributed by atoms with Gasteiger partial charge in [-0.1, -0.05) is 36.4 Å². The van der Waals surface area contributed by atoms with Crippen LogP contribution in [0.1, 0.15) is 0 Å². The van der Waals surface area contributed by atoms with Crippen LogP contribution in [0.3, 0.4) is 0 Å². The number of hydrogen-bond acceptors (Lipinski definition) is 5. The molecule has 2 aromatic heterocycles. The predicted octanol–water partition coefficient (Wildman–Crippen LogP) is 5.08. The van der Waals surface area contributed by atoms with Crippen LogP contribution in [0, 0.1) is 10.1 Å². The minimum Gasteiger partial charge on any atom is -0.484 e. The molecule has 0 unspecified atom stereocenters. The summed E-state index contributed by atoms with van der Waals surface area (Å²) in [4.78, 5) is 27.4. The molecule has 0 aliphatic carbocycles. The summed E-state index contributed by atoms with van der Waals surface area (Å²) in [6, 6.07) is 23.8. The van der Waals surface area contributed by atoms with E-state index in [2.05, 4.69) is 10.3 Å². The number of rotatable bonds is 6. The van der Waals surface area contributed by atoms with Crippen molar-refractivity contribution in [2.45, 2.75) is 0 Å². The van der Waals surface area contributed by atoms with Crippen molar-refractivity contribution in [1.82, 2.24) is 9.38 Å². The molecule has 8 nitrogen and oxygen atoms in total. The number of nitro groups is 1. The molecule has 3 aromatic carbocycles. The molecule has 1 amide bonds. The van der Waals surface area contributed by atoms with E-state index in [4.69, 9.17) is 4.74 Å². The van der Waals surface area contributed by atoms with Gasteiger partial charge >= 0.3 is 0 Å². The summed E-state index contributed by atoms with van der Waals surface area (Å²) in [6.07, 6.45) is 3.16. The third-order valence-electron chi connectivity index (χ3n) is 5.23. The van der Waals surface area contributed by atoms with E-state index < -0.39 is 4.92 Å². The number of nitrogens with one attached hydrogen (secondary N) is 1. The van der Waals surface area contributed by atoms with Gasteiger partial charge in [0.1, 0.15) is 11.4 Å². The van der Waals surface area contributed by atoms with Gasteiger partial charge in [0.25, 0.3) is 11.6 Å². The van der Waals surface area contributed by atoms with Crippen LogP contribution in [0.15, 0.2) is 91.3 Å². The van der Waals surface area contributed by atoms with Crippen molar-refractivity contribution in [2.24, 2.45) is 0 Å². The highest BCUT2D eigenvalue weighted by molar-refractivity contribution is 6.02. The van der Waals surface area contributed by atoms with Crippen molar-refractivity contribution in [3.8, 4) is 17.0 Å². The first kappa shape index (κ1) is 20.2. The van der Waals surface area contributed by atoms with Crippen LogP contribution in [0.5, 0.6) is 5.75 Å². The van der Waals surface area contributed by atoms with Gasteiger partial charge in [-0.25, -0.2) is 4.98 Å². The van der Waals surface area contributed by atoms with Crippen molar-refractivity contribution in [2.75, 3.05) is 11.9 Å². The number of hydrogen-bond donors (Lipinski definition) is 1. The number of benzene rings is 3. The summed E-state index contributed by atoms with van der Waals surface area (Å²) >= 11 is 0. The van der Waals surface area contributed by atoms with Crippen LogP contribution >= 0.6 is 0 Å². The van der Waals surface area contributed by atoms with Crippen LogP contribution in [0.25, 0.3) is 27.7 Å². The number of anilines is 1. The third-order valence-corrected chi connectivity index (χ3v) is 5.23. The quantitative estimate of drug-likeness (QED) is 0.294. The molecule has 0 saturated carbocycles. The SMILES string of the molecule is O=C(COc1ccc(-c2cn3cc([N+](=O)[O-])ccc3n2)cc1)Nc1cccc2ccccc12. The lowest BCUT2D eigenvalue weighted by Gasteiger charge is -2.10. The summed E-state index contributed by atoms with van der Waals surface area (Å²) in [6.45, 7) is -0.124. The average Bonchev–Trinajstić information content (AvgIpc) is 3.27. The monoisotopic (exact) mass is 438 g/mol. The minimum atomic E-state index is -0.443. The lowest BCUT2D eigenvalue weighted by molar-refractivity contribution is -0.385. The Morgan fingerprint density at radius 2 is 1.76 bits per heavy atom. The van der Waals surface area contributed by atoms with Crippen molar-refractivity contribution in [1.29, 1.82) is 0 Å². The summed E-state index contributed by atoms with van der Waals surface area (Å²) in [7, 11) is 0. The van der Waals surface area contributed by atoms with Gasteiger partial charge in [0, 0.05) is 28.9 Å². The highest BCUT2D eigenvalue weighted by Crippen LogP contribution is 2.25. The van der Waals surface area contributed by atoms with E-state index in [9.17, 15) is 14.9 Å². The molecule has 0 bridgehead atoms. The fourth-order valence-corrected chi connectivity index (χ4v) is 3.62. The molecule has 0 saturated heterocycles. The molecule has 0 fully saturated rings. The van der Waals surface area contributed by atoms with Gasteiger partial charge in [-0.05, 0) is 41.8 Å². The molecule has 5 rings (SSSR count). The number of fused-ring (bicyclic) bond motifs is 2. The van der Waals surface area contributed by atoms with Gasteiger partial charge in [-0.15, -0.1) is 0 Å². The van der Waals surface area contributed by atoms with Crippen LogP contribution in [-0.4, -0.2) is 26.8 Å². The number of nitrogens with zero attached hydrogens (tertiary/aromatic N) is 3. The molecule has 0 atom stereocenters. The summed E-state index contributed by atoms with van der Waals surface area (Å²) < 4.78 is 7.25. The van der Waals surface area contributed by atoms with Crippen LogP contribution < -0.4 is 10.1 Å². The van der Waals surface area contributed by atoms with E-state index in [-0.39, 0.29) is 18.2 Å². The predicted molar refractivity (Wildman–Crippen MR) is 125 cm³/mol. The number of carbonyl (C=O) groups excluding carboxylic acids is 1. The normalized spacial score (nSPS) is 10.9. The Labute approximate surface area is 188 Å². The Morgan fingerprint density at radius 1 is 0.970 bits per heavy atom. The van der Waals surface area contributed by atoms with Crippen LogP contribution in [0.4, 0.5) is 11.4 Å². The summed E-state index contributed by atoms with van der Waals surface area (Å²) in [5.74, 6) is 0.295. The van der Waals surface area contributed by atoms with E-state index in [0.717, 1.165) is 22.0 Å². The number of amides is 1. The number of pyridine rings is 1. The van der Waals surface area contributed by atoms with E-state index in [1.165, 1.54) is 12.3 Å². The van der Waals surface area contributed by atoms with Crippen molar-refractivity contribution < 1.29 is 14.5 Å². The topological polar surface area (TPSA) is 98.8 Å². The maximum Gasteiger partial charge on any atom is 0.286 e. The molecule has 0 radical (unpaired) electrons. The Kier molecular flexibility index (Phi) is 5.16. The third kappa shape index (κ3) is 4.22. The standard InChI is InChI=1S/C25H18N4O4/c30-25(27-22-7-3-5-17-4-1-2-6-21(17)22)16-33-20-11-8-18(9-12-20)23-15-28-14-19(29(31)32)10-13-24(28)26-23/h1-15H,16H2,(H,27,30). The molecule has 0 aliphatic heterocycles. The van der Waals surface area contributed by atoms with Gasteiger partial charge in [0.15, 0.2) is 6.61 Å². The fraction of sp³-hybridized carbons (Fsp3) is 0.0400. The number of carbonyl (C=O) groups is 1. The highest BCUT2D eigenvalue weighted by atomic mass is 16.6. The van der Waals surface area contributed by atoms with Crippen molar-refractivity contribution in [3.63, 3.8) is 0 Å². The molecule has 162 valence electrons. The van der Waals surface area contributed by atoms with Crippen LogP contribution in [0.2, 0.25) is 0 Å². The van der Waals surface area contributed by atoms with Crippen molar-refractivity contribution >= 4 is 33.7 Å². The van der Waals surface area contributed by atoms with E-state index in [1.54, 1.807) is 28.8 Å². The molecule has 0 aliphatic rings. The number of aromatic nitrogens is 2. The molecule has 5 aromatic rings. The summed E-state index contributed by atoms with van der Waals surface area (Å²) in [5.41, 5.74) is 2.85. The Balaban J connectivity index is 1.25.